The van der Waals surface area contributed by atoms with Gasteiger partial charge in [-0.3, -0.25) is 19.8 Å². The van der Waals surface area contributed by atoms with E-state index in [0.717, 1.165) is 77.8 Å². The summed E-state index contributed by atoms with van der Waals surface area (Å²) in [6.45, 7) is 7.43. The molecule has 0 unspecified atom stereocenters. The smallest absolute Gasteiger partial charge is 0.290 e. The zero-order chi connectivity index (χ0) is 24.4. The van der Waals surface area contributed by atoms with Crippen LogP contribution in [0.2, 0.25) is 5.02 Å². The third-order valence-corrected chi connectivity index (χ3v) is 7.52. The lowest BCUT2D eigenvalue weighted by Gasteiger charge is -2.36. The minimum atomic E-state index is -0.373. The molecular weight excluding hydrogens is 482 g/mol. The van der Waals surface area contributed by atoms with Crippen molar-refractivity contribution in [2.24, 2.45) is 0 Å². The van der Waals surface area contributed by atoms with Crippen molar-refractivity contribution in [3.63, 3.8) is 0 Å². The summed E-state index contributed by atoms with van der Waals surface area (Å²) in [4.78, 5) is 28.7. The summed E-state index contributed by atoms with van der Waals surface area (Å²) in [7, 11) is 0. The highest BCUT2D eigenvalue weighted by Gasteiger charge is 2.25. The Morgan fingerprint density at radius 2 is 1.94 bits per heavy atom. The number of piperazine rings is 1. The zero-order valence-electron chi connectivity index (χ0n) is 19.5. The molecule has 35 heavy (non-hydrogen) atoms. The first-order valence-electron chi connectivity index (χ1n) is 11.8. The fourth-order valence-corrected chi connectivity index (χ4v) is 5.47. The molecule has 0 aliphatic carbocycles. The van der Waals surface area contributed by atoms with Crippen LogP contribution in [0.25, 0.3) is 28.1 Å². The van der Waals surface area contributed by atoms with E-state index in [-0.39, 0.29) is 11.1 Å². The second-order valence-electron chi connectivity index (χ2n) is 8.74. The highest BCUT2D eigenvalue weighted by atomic mass is 35.5. The van der Waals surface area contributed by atoms with Crippen molar-refractivity contribution in [3.8, 4) is 11.1 Å². The molecule has 180 valence electrons. The van der Waals surface area contributed by atoms with Gasteiger partial charge in [-0.1, -0.05) is 37.1 Å². The average Bonchev–Trinajstić information content (AvgIpc) is 3.18. The van der Waals surface area contributed by atoms with Gasteiger partial charge in [0.15, 0.2) is 0 Å². The zero-order valence-corrected chi connectivity index (χ0v) is 21.0. The molecule has 0 atom stereocenters. The maximum Gasteiger partial charge on any atom is 0.290 e. The Morgan fingerprint density at radius 1 is 1.11 bits per heavy atom. The number of fused-ring (bicyclic) bond motifs is 1. The number of hydrogen-bond donors (Lipinski definition) is 1. The van der Waals surface area contributed by atoms with Gasteiger partial charge in [-0.25, -0.2) is 0 Å². The Hall–Kier alpha value is -2.94. The molecule has 2 aliphatic heterocycles. The van der Waals surface area contributed by atoms with Gasteiger partial charge in [0.05, 0.1) is 27.3 Å². The Kier molecular flexibility index (Phi) is 7.04. The number of nitrogens with zero attached hydrogens (tertiary/aromatic N) is 4. The quantitative estimate of drug-likeness (QED) is 0.459. The van der Waals surface area contributed by atoms with E-state index in [9.17, 15) is 9.59 Å². The molecule has 2 fully saturated rings. The van der Waals surface area contributed by atoms with Crippen LogP contribution in [-0.2, 0) is 4.79 Å². The number of carbonyl (C=O) groups is 2. The van der Waals surface area contributed by atoms with Crippen LogP contribution in [0.5, 0.6) is 0 Å². The Balaban J connectivity index is 1.41. The van der Waals surface area contributed by atoms with Crippen molar-refractivity contribution in [1.29, 1.82) is 0 Å². The number of unbranched alkanes of at least 4 members (excludes halogenated alkanes) is 1. The molecule has 2 aromatic carbocycles. The lowest BCUT2D eigenvalue weighted by atomic mass is 10.0. The maximum absolute atomic E-state index is 11.9. The van der Waals surface area contributed by atoms with E-state index in [1.807, 2.05) is 24.3 Å². The van der Waals surface area contributed by atoms with Crippen molar-refractivity contribution in [1.82, 2.24) is 20.4 Å². The van der Waals surface area contributed by atoms with Crippen LogP contribution < -0.4 is 10.2 Å². The molecule has 9 heteroatoms. The Morgan fingerprint density at radius 3 is 2.66 bits per heavy atom. The summed E-state index contributed by atoms with van der Waals surface area (Å²) in [6, 6.07) is 11.8. The summed E-state index contributed by atoms with van der Waals surface area (Å²) in [5, 5.41) is 12.0. The Bertz CT molecular complexity index is 1320. The van der Waals surface area contributed by atoms with Gasteiger partial charge in [0.25, 0.3) is 11.1 Å². The van der Waals surface area contributed by atoms with Gasteiger partial charge in [0.1, 0.15) is 0 Å². The average molecular weight is 508 g/mol. The summed E-state index contributed by atoms with van der Waals surface area (Å²) < 4.78 is 0. The number of hydrogen-bond acceptors (Lipinski definition) is 7. The molecule has 2 saturated heterocycles. The lowest BCUT2D eigenvalue weighted by Crippen LogP contribution is -2.46. The second kappa shape index (κ2) is 10.4. The third-order valence-electron chi connectivity index (χ3n) is 6.40. The first kappa shape index (κ1) is 23.8. The van der Waals surface area contributed by atoms with Crippen LogP contribution in [0.1, 0.15) is 25.3 Å². The van der Waals surface area contributed by atoms with Crippen molar-refractivity contribution in [3.05, 3.63) is 58.1 Å². The van der Waals surface area contributed by atoms with Crippen molar-refractivity contribution >= 4 is 57.2 Å². The molecule has 2 amide bonds. The molecular formula is C26H26ClN5O2S. The van der Waals surface area contributed by atoms with E-state index < -0.39 is 0 Å². The molecule has 5 rings (SSSR count). The predicted octanol–water partition coefficient (Wildman–Crippen LogP) is 5.20. The van der Waals surface area contributed by atoms with Crippen LogP contribution in [-0.4, -0.2) is 59.0 Å². The molecule has 0 radical (unpaired) electrons. The van der Waals surface area contributed by atoms with Gasteiger partial charge in [0.2, 0.25) is 0 Å². The first-order chi connectivity index (χ1) is 17.0. The number of thioether (sulfide) groups is 1. The number of aromatic nitrogens is 2. The molecule has 3 aromatic rings. The number of nitrogens with one attached hydrogen (secondary N) is 1. The van der Waals surface area contributed by atoms with E-state index in [2.05, 4.69) is 44.4 Å². The number of imide groups is 1. The molecule has 1 N–H and O–H groups in total. The largest absolute Gasteiger partial charge is 0.368 e. The van der Waals surface area contributed by atoms with Gasteiger partial charge in [-0.2, -0.15) is 10.2 Å². The molecule has 0 saturated carbocycles. The molecule has 0 bridgehead atoms. The van der Waals surface area contributed by atoms with E-state index in [1.54, 1.807) is 12.3 Å². The summed E-state index contributed by atoms with van der Waals surface area (Å²) in [6.07, 6.45) is 5.91. The van der Waals surface area contributed by atoms with Crippen LogP contribution in [0.4, 0.5) is 10.5 Å². The molecule has 3 heterocycles. The predicted molar refractivity (Wildman–Crippen MR) is 143 cm³/mol. The lowest BCUT2D eigenvalue weighted by molar-refractivity contribution is -0.115. The Labute approximate surface area is 213 Å². The van der Waals surface area contributed by atoms with E-state index >= 15 is 0 Å². The first-order valence-corrected chi connectivity index (χ1v) is 13.0. The third kappa shape index (κ3) is 5.19. The van der Waals surface area contributed by atoms with Crippen LogP contribution in [0.15, 0.2) is 47.5 Å². The fraction of sp³-hybridized carbons (Fsp3) is 0.308. The van der Waals surface area contributed by atoms with Crippen LogP contribution in [0, 0.1) is 0 Å². The maximum atomic E-state index is 11.9. The monoisotopic (exact) mass is 507 g/mol. The molecule has 2 aliphatic rings. The van der Waals surface area contributed by atoms with Crippen LogP contribution in [0.3, 0.4) is 0 Å². The molecule has 1 aromatic heterocycles. The molecule has 0 spiro atoms. The minimum absolute atomic E-state index is 0.356. The fourth-order valence-electron chi connectivity index (χ4n) is 4.49. The minimum Gasteiger partial charge on any atom is -0.368 e. The number of anilines is 1. The van der Waals surface area contributed by atoms with E-state index in [1.165, 1.54) is 12.8 Å². The van der Waals surface area contributed by atoms with E-state index in [0.29, 0.717) is 9.93 Å². The number of carbonyl (C=O) groups excluding carboxylic acids is 2. The van der Waals surface area contributed by atoms with Gasteiger partial charge in [-0.05, 0) is 66.2 Å². The topological polar surface area (TPSA) is 78.4 Å². The number of halogens is 1. The molecule has 7 nitrogen and oxygen atoms in total. The standard InChI is InChI=1S/C26H26ClN5O2S/c1-2-3-8-31-9-11-32(12-10-31)23-7-5-18(15-21(23)27)20-16-28-30-22-6-4-17(13-19(20)22)14-24-25(33)29-26(34)35-24/h4-7,13-16H,2-3,8-12H2,1H3,(H,29,33,34). The van der Waals surface area contributed by atoms with Crippen molar-refractivity contribution in [2.75, 3.05) is 37.6 Å². The summed E-state index contributed by atoms with van der Waals surface area (Å²) >= 11 is 7.68. The second-order valence-corrected chi connectivity index (χ2v) is 10.2. The highest BCUT2D eigenvalue weighted by molar-refractivity contribution is 8.18. The van der Waals surface area contributed by atoms with Crippen molar-refractivity contribution < 1.29 is 9.59 Å². The summed E-state index contributed by atoms with van der Waals surface area (Å²) in [5.41, 5.74) is 4.47. The number of amides is 2. The van der Waals surface area contributed by atoms with E-state index in [4.69, 9.17) is 11.6 Å². The number of rotatable bonds is 6. The summed E-state index contributed by atoms with van der Waals surface area (Å²) in [5.74, 6) is -0.373. The van der Waals surface area contributed by atoms with Gasteiger partial charge in [0, 0.05) is 37.1 Å². The van der Waals surface area contributed by atoms with Gasteiger partial charge >= 0.3 is 0 Å². The van der Waals surface area contributed by atoms with Gasteiger partial charge < -0.3 is 4.90 Å². The van der Waals surface area contributed by atoms with Gasteiger partial charge in [-0.15, -0.1) is 0 Å². The SMILES string of the molecule is CCCCN1CCN(c2ccc(-c3cnnc4ccc(C=C5SC(=O)NC5=O)cc34)cc2Cl)CC1. The van der Waals surface area contributed by atoms with Crippen LogP contribution >= 0.6 is 23.4 Å². The normalized spacial score (nSPS) is 18.0. The number of benzene rings is 2. The van der Waals surface area contributed by atoms with Crippen molar-refractivity contribution in [2.45, 2.75) is 19.8 Å². The highest BCUT2D eigenvalue weighted by Crippen LogP contribution is 2.35.